The van der Waals surface area contributed by atoms with E-state index in [9.17, 15) is 4.79 Å². The average Bonchev–Trinajstić information content (AvgIpc) is 3.08. The molecule has 0 bridgehead atoms. The topological polar surface area (TPSA) is 95.8 Å². The first kappa shape index (κ1) is 13.2. The monoisotopic (exact) mass is 283 g/mol. The lowest BCUT2D eigenvalue weighted by Gasteiger charge is -2.11. The minimum Gasteiger partial charge on any atom is -0.399 e. The summed E-state index contributed by atoms with van der Waals surface area (Å²) in [5, 5.41) is 6.99. The molecule has 3 rings (SSSR count). The van der Waals surface area contributed by atoms with Crippen molar-refractivity contribution in [1.29, 1.82) is 0 Å². The number of amides is 1. The van der Waals surface area contributed by atoms with E-state index in [0.29, 0.717) is 17.1 Å². The number of nitrogens with zero attached hydrogens (tertiary/aromatic N) is 1. The average molecular weight is 283 g/mol. The first-order valence-corrected chi connectivity index (χ1v) is 6.82. The molecule has 108 valence electrons. The Balaban J connectivity index is 1.63. The van der Waals surface area contributed by atoms with Crippen molar-refractivity contribution in [3.05, 3.63) is 53.4 Å². The molecule has 0 atom stereocenters. The molecule has 1 heterocycles. The standard InChI is InChI=1S/C15H17N5O/c1-9(10-5-7-11(16)8-6-10)17-20-15(21)14-12-3-2-4-13(12)18-19-14/h5-8,17H,1-4,16H2,(H,18,19)(H,20,21). The minimum absolute atomic E-state index is 0.258. The van der Waals surface area contributed by atoms with Gasteiger partial charge in [0.2, 0.25) is 0 Å². The summed E-state index contributed by atoms with van der Waals surface area (Å²) in [4.78, 5) is 12.1. The van der Waals surface area contributed by atoms with E-state index < -0.39 is 0 Å². The molecule has 1 aromatic carbocycles. The van der Waals surface area contributed by atoms with E-state index in [4.69, 9.17) is 5.73 Å². The molecule has 1 aliphatic carbocycles. The lowest BCUT2D eigenvalue weighted by Crippen LogP contribution is -2.36. The minimum atomic E-state index is -0.258. The maximum absolute atomic E-state index is 12.1. The van der Waals surface area contributed by atoms with Crippen molar-refractivity contribution in [2.24, 2.45) is 0 Å². The van der Waals surface area contributed by atoms with Crippen LogP contribution in [0.3, 0.4) is 0 Å². The number of benzene rings is 1. The van der Waals surface area contributed by atoms with Crippen LogP contribution in [-0.2, 0) is 12.8 Å². The first-order chi connectivity index (χ1) is 10.1. The zero-order chi connectivity index (χ0) is 14.8. The van der Waals surface area contributed by atoms with Gasteiger partial charge in [-0.3, -0.25) is 20.7 Å². The summed E-state index contributed by atoms with van der Waals surface area (Å²) >= 11 is 0. The second-order valence-corrected chi connectivity index (χ2v) is 5.06. The fourth-order valence-electron chi connectivity index (χ4n) is 2.45. The summed E-state index contributed by atoms with van der Waals surface area (Å²) in [5.41, 5.74) is 15.7. The predicted octanol–water partition coefficient (Wildman–Crippen LogP) is 1.39. The van der Waals surface area contributed by atoms with Gasteiger partial charge in [-0.15, -0.1) is 0 Å². The third-order valence-corrected chi connectivity index (χ3v) is 3.61. The number of nitrogens with two attached hydrogens (primary N) is 1. The quantitative estimate of drug-likeness (QED) is 0.503. The Morgan fingerprint density at radius 1 is 1.24 bits per heavy atom. The largest absolute Gasteiger partial charge is 0.399 e. The van der Waals surface area contributed by atoms with Gasteiger partial charge < -0.3 is 5.73 Å². The van der Waals surface area contributed by atoms with Gasteiger partial charge in [0.25, 0.3) is 5.91 Å². The van der Waals surface area contributed by atoms with Crippen molar-refractivity contribution >= 4 is 17.3 Å². The zero-order valence-electron chi connectivity index (χ0n) is 11.6. The van der Waals surface area contributed by atoms with Crippen LogP contribution in [0.1, 0.15) is 33.7 Å². The SMILES string of the molecule is C=C(NNC(=O)c1n[nH]c2c1CCC2)c1ccc(N)cc1. The van der Waals surface area contributed by atoms with Gasteiger partial charge in [-0.2, -0.15) is 5.10 Å². The van der Waals surface area contributed by atoms with Gasteiger partial charge >= 0.3 is 0 Å². The normalized spacial score (nSPS) is 12.8. The molecule has 1 amide bonds. The molecule has 6 nitrogen and oxygen atoms in total. The van der Waals surface area contributed by atoms with Crippen LogP contribution < -0.4 is 16.6 Å². The molecule has 0 saturated carbocycles. The van der Waals surface area contributed by atoms with Gasteiger partial charge in [0, 0.05) is 16.9 Å². The van der Waals surface area contributed by atoms with E-state index in [0.717, 1.165) is 36.1 Å². The number of aryl methyl sites for hydroxylation is 1. The highest BCUT2D eigenvalue weighted by Gasteiger charge is 2.22. The van der Waals surface area contributed by atoms with E-state index in [-0.39, 0.29) is 5.91 Å². The third-order valence-electron chi connectivity index (χ3n) is 3.61. The summed E-state index contributed by atoms with van der Waals surface area (Å²) in [7, 11) is 0. The molecule has 1 aliphatic rings. The molecule has 0 fully saturated rings. The van der Waals surface area contributed by atoms with Crippen molar-refractivity contribution in [2.45, 2.75) is 19.3 Å². The van der Waals surface area contributed by atoms with E-state index in [1.165, 1.54) is 0 Å². The van der Waals surface area contributed by atoms with E-state index in [1.54, 1.807) is 12.1 Å². The van der Waals surface area contributed by atoms with Crippen LogP contribution in [0.5, 0.6) is 0 Å². The fraction of sp³-hybridized carbons (Fsp3) is 0.200. The third kappa shape index (κ3) is 2.60. The number of aromatic nitrogens is 2. The number of aromatic amines is 1. The van der Waals surface area contributed by atoms with Gasteiger partial charge in [0.1, 0.15) is 0 Å². The zero-order valence-corrected chi connectivity index (χ0v) is 11.6. The molecule has 21 heavy (non-hydrogen) atoms. The highest BCUT2D eigenvalue weighted by molar-refractivity contribution is 5.94. The smallest absolute Gasteiger partial charge is 0.290 e. The molecule has 1 aromatic heterocycles. The lowest BCUT2D eigenvalue weighted by molar-refractivity contribution is 0.0936. The summed E-state index contributed by atoms with van der Waals surface area (Å²) in [6, 6.07) is 7.24. The molecular weight excluding hydrogens is 266 g/mol. The van der Waals surface area contributed by atoms with Crippen LogP contribution in [0.15, 0.2) is 30.8 Å². The van der Waals surface area contributed by atoms with Gasteiger partial charge in [-0.1, -0.05) is 18.7 Å². The number of H-pyrrole nitrogens is 1. The van der Waals surface area contributed by atoms with E-state index in [2.05, 4.69) is 27.6 Å². The van der Waals surface area contributed by atoms with Crippen molar-refractivity contribution in [2.75, 3.05) is 5.73 Å². The molecule has 0 radical (unpaired) electrons. The number of hydrogen-bond donors (Lipinski definition) is 4. The molecule has 2 aromatic rings. The highest BCUT2D eigenvalue weighted by atomic mass is 16.2. The lowest BCUT2D eigenvalue weighted by atomic mass is 10.1. The van der Waals surface area contributed by atoms with Gasteiger partial charge in [0.05, 0.1) is 5.70 Å². The van der Waals surface area contributed by atoms with Crippen LogP contribution in [0.2, 0.25) is 0 Å². The van der Waals surface area contributed by atoms with Crippen molar-refractivity contribution in [3.63, 3.8) is 0 Å². The molecular formula is C15H17N5O. The number of fused-ring (bicyclic) bond motifs is 1. The molecule has 0 spiro atoms. The number of carbonyl (C=O) groups is 1. The summed E-state index contributed by atoms with van der Waals surface area (Å²) in [6.45, 7) is 3.89. The highest BCUT2D eigenvalue weighted by Crippen LogP contribution is 2.22. The molecule has 5 N–H and O–H groups in total. The number of hydrazine groups is 1. The Bertz CT molecular complexity index is 687. The second-order valence-electron chi connectivity index (χ2n) is 5.06. The maximum atomic E-state index is 12.1. The Morgan fingerprint density at radius 2 is 2.00 bits per heavy atom. The van der Waals surface area contributed by atoms with Crippen molar-refractivity contribution in [3.8, 4) is 0 Å². The number of nitrogen functional groups attached to an aromatic ring is 1. The van der Waals surface area contributed by atoms with Crippen molar-refractivity contribution in [1.82, 2.24) is 21.0 Å². The molecule has 0 unspecified atom stereocenters. The Hall–Kier alpha value is -2.76. The molecule has 0 saturated heterocycles. The van der Waals surface area contributed by atoms with Gasteiger partial charge in [-0.25, -0.2) is 0 Å². The van der Waals surface area contributed by atoms with Gasteiger partial charge in [-0.05, 0) is 37.0 Å². The fourth-order valence-corrected chi connectivity index (χ4v) is 2.45. The molecule has 0 aliphatic heterocycles. The number of rotatable bonds is 4. The van der Waals surface area contributed by atoms with Crippen LogP contribution in [0, 0.1) is 0 Å². The number of carbonyl (C=O) groups excluding carboxylic acids is 1. The number of anilines is 1. The van der Waals surface area contributed by atoms with Crippen LogP contribution in [0.4, 0.5) is 5.69 Å². The van der Waals surface area contributed by atoms with Crippen LogP contribution in [-0.4, -0.2) is 16.1 Å². The maximum Gasteiger partial charge on any atom is 0.290 e. The van der Waals surface area contributed by atoms with Gasteiger partial charge in [0.15, 0.2) is 5.69 Å². The van der Waals surface area contributed by atoms with Crippen molar-refractivity contribution < 1.29 is 4.79 Å². The second kappa shape index (κ2) is 5.32. The first-order valence-electron chi connectivity index (χ1n) is 6.82. The van der Waals surface area contributed by atoms with Crippen LogP contribution in [0.25, 0.3) is 5.70 Å². The predicted molar refractivity (Wildman–Crippen MR) is 81.1 cm³/mol. The Morgan fingerprint density at radius 3 is 2.76 bits per heavy atom. The summed E-state index contributed by atoms with van der Waals surface area (Å²) in [5.74, 6) is -0.258. The Kier molecular flexibility index (Phi) is 3.35. The van der Waals surface area contributed by atoms with E-state index in [1.807, 2.05) is 12.1 Å². The summed E-state index contributed by atoms with van der Waals surface area (Å²) in [6.07, 6.45) is 2.92. The van der Waals surface area contributed by atoms with E-state index >= 15 is 0 Å². The van der Waals surface area contributed by atoms with Crippen LogP contribution >= 0.6 is 0 Å². The summed E-state index contributed by atoms with van der Waals surface area (Å²) < 4.78 is 0. The molecule has 6 heteroatoms. The number of nitrogens with one attached hydrogen (secondary N) is 3. The number of hydrogen-bond acceptors (Lipinski definition) is 4. The Labute approximate surface area is 122 Å².